The van der Waals surface area contributed by atoms with Gasteiger partial charge in [0.05, 0.1) is 23.6 Å². The summed E-state index contributed by atoms with van der Waals surface area (Å²) in [6.45, 7) is 2.79. The molecule has 1 aromatic heterocycles. The number of aromatic amines is 1. The van der Waals surface area contributed by atoms with Crippen LogP contribution in [0.15, 0.2) is 18.2 Å². The monoisotopic (exact) mass is 402 g/mol. The molecule has 27 heavy (non-hydrogen) atoms. The zero-order valence-electron chi connectivity index (χ0n) is 14.9. The summed E-state index contributed by atoms with van der Waals surface area (Å²) in [7, 11) is 0. The molecule has 1 aliphatic carbocycles. The molecule has 4 rings (SSSR count). The first-order valence-electron chi connectivity index (χ1n) is 8.99. The van der Waals surface area contributed by atoms with E-state index in [1.807, 2.05) is 0 Å². The van der Waals surface area contributed by atoms with Crippen molar-refractivity contribution in [2.45, 2.75) is 44.8 Å². The maximum absolute atomic E-state index is 13.0. The predicted octanol–water partition coefficient (Wildman–Crippen LogP) is 4.53. The lowest BCUT2D eigenvalue weighted by Crippen LogP contribution is -2.51. The summed E-state index contributed by atoms with van der Waals surface area (Å²) in [5.41, 5.74) is 1.01. The number of carbonyl (C=O) groups excluding carboxylic acids is 1. The third-order valence-electron chi connectivity index (χ3n) is 5.76. The molecule has 1 unspecified atom stereocenters. The summed E-state index contributed by atoms with van der Waals surface area (Å²) in [6.07, 6.45) is -1.25. The maximum Gasteiger partial charge on any atom is 0.416 e. The van der Waals surface area contributed by atoms with E-state index >= 15 is 0 Å². The number of hydrogen-bond acceptors (Lipinski definition) is 3. The standard InChI is InChI=1S/C19H21F3N2O2.ClH/c1-2-26-17(25)18(7-3-8-18)16-15-13(6-9-23-16)12-5-4-11(19(20,21)22)10-14(12)24-15;/h4-5,10,16,23-24H,2-3,6-9H2,1H3;1H. The van der Waals surface area contributed by atoms with E-state index in [0.29, 0.717) is 18.7 Å². The van der Waals surface area contributed by atoms with Crippen LogP contribution in [0.25, 0.3) is 10.9 Å². The van der Waals surface area contributed by atoms with Crippen LogP contribution in [0.1, 0.15) is 49.0 Å². The van der Waals surface area contributed by atoms with Gasteiger partial charge in [0.2, 0.25) is 0 Å². The Morgan fingerprint density at radius 2 is 2.07 bits per heavy atom. The molecular formula is C19H22ClF3N2O2. The molecule has 0 amide bonds. The number of esters is 1. The number of halogens is 4. The number of benzene rings is 1. The number of alkyl halides is 3. The zero-order chi connectivity index (χ0) is 18.5. The van der Waals surface area contributed by atoms with Crippen molar-refractivity contribution in [3.63, 3.8) is 0 Å². The second-order valence-electron chi connectivity index (χ2n) is 7.14. The molecule has 1 atom stereocenters. The molecule has 148 valence electrons. The molecule has 2 heterocycles. The van der Waals surface area contributed by atoms with Crippen LogP contribution < -0.4 is 5.32 Å². The summed E-state index contributed by atoms with van der Waals surface area (Å²) in [5.74, 6) is -0.216. The lowest BCUT2D eigenvalue weighted by molar-refractivity contribution is -0.164. The van der Waals surface area contributed by atoms with E-state index in [1.165, 1.54) is 6.07 Å². The highest BCUT2D eigenvalue weighted by molar-refractivity contribution is 5.87. The SMILES string of the molecule is CCOC(=O)C1(C2NCCc3c2[nH]c2cc(C(F)(F)F)ccc32)CCC1.Cl. The van der Waals surface area contributed by atoms with Crippen molar-refractivity contribution < 1.29 is 22.7 Å². The Morgan fingerprint density at radius 3 is 2.67 bits per heavy atom. The van der Waals surface area contributed by atoms with Crippen molar-refractivity contribution in [1.82, 2.24) is 10.3 Å². The zero-order valence-corrected chi connectivity index (χ0v) is 15.7. The molecule has 8 heteroatoms. The summed E-state index contributed by atoms with van der Waals surface area (Å²) in [4.78, 5) is 15.8. The lowest BCUT2D eigenvalue weighted by Gasteiger charge is -2.46. The highest BCUT2D eigenvalue weighted by atomic mass is 35.5. The normalized spacial score (nSPS) is 21.1. The van der Waals surface area contributed by atoms with Gasteiger partial charge < -0.3 is 15.0 Å². The number of carbonyl (C=O) groups is 1. The first-order chi connectivity index (χ1) is 12.4. The molecule has 2 N–H and O–H groups in total. The van der Waals surface area contributed by atoms with Crippen LogP contribution in [0, 0.1) is 5.41 Å². The third-order valence-corrected chi connectivity index (χ3v) is 5.76. The van der Waals surface area contributed by atoms with Crippen LogP contribution in [-0.4, -0.2) is 24.1 Å². The molecule has 1 saturated carbocycles. The van der Waals surface area contributed by atoms with Crippen molar-refractivity contribution in [1.29, 1.82) is 0 Å². The van der Waals surface area contributed by atoms with Crippen LogP contribution in [0.3, 0.4) is 0 Å². The fraction of sp³-hybridized carbons (Fsp3) is 0.526. The minimum absolute atomic E-state index is 0. The molecule has 1 fully saturated rings. The molecule has 1 aromatic carbocycles. The second-order valence-corrected chi connectivity index (χ2v) is 7.14. The van der Waals surface area contributed by atoms with Gasteiger partial charge in [0.15, 0.2) is 0 Å². The number of ether oxygens (including phenoxy) is 1. The topological polar surface area (TPSA) is 54.1 Å². The van der Waals surface area contributed by atoms with Crippen LogP contribution in [-0.2, 0) is 22.1 Å². The van der Waals surface area contributed by atoms with Crippen molar-refractivity contribution in [3.05, 3.63) is 35.0 Å². The Balaban J connectivity index is 0.00000210. The van der Waals surface area contributed by atoms with Gasteiger partial charge in [-0.3, -0.25) is 4.79 Å². The summed E-state index contributed by atoms with van der Waals surface area (Å²) >= 11 is 0. The molecule has 4 nitrogen and oxygen atoms in total. The maximum atomic E-state index is 13.0. The van der Waals surface area contributed by atoms with E-state index in [4.69, 9.17) is 4.74 Å². The van der Waals surface area contributed by atoms with Gasteiger partial charge in [-0.1, -0.05) is 12.5 Å². The fourth-order valence-corrected chi connectivity index (χ4v) is 4.33. The predicted molar refractivity (Wildman–Crippen MR) is 97.9 cm³/mol. The molecule has 0 radical (unpaired) electrons. The van der Waals surface area contributed by atoms with Gasteiger partial charge in [-0.05, 0) is 50.4 Å². The van der Waals surface area contributed by atoms with Crippen molar-refractivity contribution in [3.8, 4) is 0 Å². The van der Waals surface area contributed by atoms with Crippen LogP contribution in [0.4, 0.5) is 13.2 Å². The van der Waals surface area contributed by atoms with Gasteiger partial charge in [-0.2, -0.15) is 13.2 Å². The number of hydrogen-bond donors (Lipinski definition) is 2. The first-order valence-corrected chi connectivity index (χ1v) is 8.99. The molecule has 1 aliphatic heterocycles. The molecular weight excluding hydrogens is 381 g/mol. The summed E-state index contributed by atoms with van der Waals surface area (Å²) in [6, 6.07) is 3.56. The Morgan fingerprint density at radius 1 is 1.33 bits per heavy atom. The first kappa shape index (κ1) is 20.0. The molecule has 0 saturated heterocycles. The quantitative estimate of drug-likeness (QED) is 0.742. The van der Waals surface area contributed by atoms with Gasteiger partial charge in [0.25, 0.3) is 0 Å². The number of fused-ring (bicyclic) bond motifs is 3. The smallest absolute Gasteiger partial charge is 0.416 e. The van der Waals surface area contributed by atoms with Crippen molar-refractivity contribution in [2.75, 3.05) is 13.2 Å². The molecule has 2 aromatic rings. The van der Waals surface area contributed by atoms with E-state index in [9.17, 15) is 18.0 Å². The minimum atomic E-state index is -4.38. The third kappa shape index (κ3) is 3.10. The van der Waals surface area contributed by atoms with E-state index < -0.39 is 17.2 Å². The van der Waals surface area contributed by atoms with Gasteiger partial charge in [0.1, 0.15) is 0 Å². The van der Waals surface area contributed by atoms with E-state index in [2.05, 4.69) is 10.3 Å². The number of aromatic nitrogens is 1. The molecule has 0 bridgehead atoms. The average molecular weight is 403 g/mol. The van der Waals surface area contributed by atoms with Crippen LogP contribution in [0.5, 0.6) is 0 Å². The van der Waals surface area contributed by atoms with Gasteiger partial charge in [0, 0.05) is 16.6 Å². The van der Waals surface area contributed by atoms with Crippen molar-refractivity contribution >= 4 is 29.3 Å². The largest absolute Gasteiger partial charge is 0.466 e. The van der Waals surface area contributed by atoms with Gasteiger partial charge in [-0.25, -0.2) is 0 Å². The second kappa shape index (κ2) is 7.02. The minimum Gasteiger partial charge on any atom is -0.466 e. The lowest BCUT2D eigenvalue weighted by atomic mass is 9.62. The summed E-state index contributed by atoms with van der Waals surface area (Å²) < 4.78 is 44.4. The van der Waals surface area contributed by atoms with E-state index in [0.717, 1.165) is 54.5 Å². The van der Waals surface area contributed by atoms with E-state index in [1.54, 1.807) is 6.92 Å². The van der Waals surface area contributed by atoms with Gasteiger partial charge >= 0.3 is 12.1 Å². The highest BCUT2D eigenvalue weighted by Gasteiger charge is 2.53. The Hall–Kier alpha value is -1.73. The van der Waals surface area contributed by atoms with Crippen LogP contribution >= 0.6 is 12.4 Å². The fourth-order valence-electron chi connectivity index (χ4n) is 4.33. The number of rotatable bonds is 3. The average Bonchev–Trinajstić information content (AvgIpc) is 2.92. The molecule has 0 spiro atoms. The highest BCUT2D eigenvalue weighted by Crippen LogP contribution is 2.53. The van der Waals surface area contributed by atoms with Crippen LogP contribution in [0.2, 0.25) is 0 Å². The van der Waals surface area contributed by atoms with Crippen molar-refractivity contribution in [2.24, 2.45) is 5.41 Å². The number of nitrogens with one attached hydrogen (secondary N) is 2. The van der Waals surface area contributed by atoms with Gasteiger partial charge in [-0.15, -0.1) is 12.4 Å². The molecule has 2 aliphatic rings. The summed E-state index contributed by atoms with van der Waals surface area (Å²) in [5, 5.41) is 4.21. The Bertz CT molecular complexity index is 858. The van der Waals surface area contributed by atoms with E-state index in [-0.39, 0.29) is 24.4 Å². The number of H-pyrrole nitrogens is 1. The Kier molecular flexibility index (Phi) is 5.20. The Labute approximate surface area is 161 Å².